The van der Waals surface area contributed by atoms with Gasteiger partial charge in [-0.25, -0.2) is 0 Å². The van der Waals surface area contributed by atoms with E-state index in [4.69, 9.17) is 5.26 Å². The Labute approximate surface area is 97.8 Å². The zero-order valence-electron chi connectivity index (χ0n) is 10.4. The first-order valence-corrected chi connectivity index (χ1v) is 6.02. The molecule has 0 spiro atoms. The first-order valence-electron chi connectivity index (χ1n) is 6.02. The second-order valence-electron chi connectivity index (χ2n) is 4.48. The summed E-state index contributed by atoms with van der Waals surface area (Å²) in [6, 6.07) is 2.19. The van der Waals surface area contributed by atoms with Crippen LogP contribution in [0.3, 0.4) is 0 Å². The molecule has 2 unspecified atom stereocenters. The highest BCUT2D eigenvalue weighted by atomic mass is 16.2. The van der Waals surface area contributed by atoms with Crippen LogP contribution in [0.4, 0.5) is 0 Å². The highest BCUT2D eigenvalue weighted by Crippen LogP contribution is 2.11. The van der Waals surface area contributed by atoms with Crippen LogP contribution in [0, 0.1) is 17.2 Å². The van der Waals surface area contributed by atoms with E-state index in [2.05, 4.69) is 11.0 Å². The smallest absolute Gasteiger partial charge is 0.225 e. The summed E-state index contributed by atoms with van der Waals surface area (Å²) in [7, 11) is 0. The molecule has 1 heterocycles. The van der Waals surface area contributed by atoms with Crippen molar-refractivity contribution in [2.45, 2.75) is 33.2 Å². The molecule has 90 valence electrons. The van der Waals surface area contributed by atoms with Crippen molar-refractivity contribution in [1.29, 1.82) is 5.26 Å². The molecule has 1 saturated heterocycles. The Kier molecular flexibility index (Phi) is 4.75. The predicted molar refractivity (Wildman–Crippen MR) is 62.7 cm³/mol. The summed E-state index contributed by atoms with van der Waals surface area (Å²) in [6.07, 6.45) is 0.896. The monoisotopic (exact) mass is 223 g/mol. The van der Waals surface area contributed by atoms with Gasteiger partial charge in [0.05, 0.1) is 12.1 Å². The third-order valence-corrected chi connectivity index (χ3v) is 3.39. The van der Waals surface area contributed by atoms with Gasteiger partial charge in [0, 0.05) is 32.1 Å². The van der Waals surface area contributed by atoms with Crippen molar-refractivity contribution in [2.24, 2.45) is 5.92 Å². The van der Waals surface area contributed by atoms with Crippen LogP contribution >= 0.6 is 0 Å². The van der Waals surface area contributed by atoms with E-state index in [1.807, 2.05) is 25.7 Å². The van der Waals surface area contributed by atoms with Crippen LogP contribution in [0.2, 0.25) is 0 Å². The molecule has 4 heteroatoms. The average molecular weight is 223 g/mol. The lowest BCUT2D eigenvalue weighted by atomic mass is 10.1. The molecule has 0 N–H and O–H groups in total. The summed E-state index contributed by atoms with van der Waals surface area (Å²) in [4.78, 5) is 16.0. The molecule has 0 aromatic carbocycles. The van der Waals surface area contributed by atoms with Crippen molar-refractivity contribution < 1.29 is 4.79 Å². The number of nitrogens with zero attached hydrogens (tertiary/aromatic N) is 3. The molecule has 1 rings (SSSR count). The van der Waals surface area contributed by atoms with Gasteiger partial charge < -0.3 is 4.90 Å². The number of amides is 1. The normalized spacial score (nSPS) is 21.2. The average Bonchev–Trinajstić information content (AvgIpc) is 2.36. The molecule has 0 aromatic heterocycles. The van der Waals surface area contributed by atoms with Crippen LogP contribution in [-0.4, -0.2) is 47.9 Å². The lowest BCUT2D eigenvalue weighted by molar-refractivity contribution is -0.137. The van der Waals surface area contributed by atoms with Gasteiger partial charge in [0.25, 0.3) is 0 Å². The fourth-order valence-corrected chi connectivity index (χ4v) is 1.90. The molecule has 0 bridgehead atoms. The second-order valence-corrected chi connectivity index (χ2v) is 4.48. The first kappa shape index (κ1) is 13.0. The number of carbonyl (C=O) groups is 1. The van der Waals surface area contributed by atoms with E-state index in [0.717, 1.165) is 32.6 Å². The summed E-state index contributed by atoms with van der Waals surface area (Å²) in [5.74, 6) is 0.381. The van der Waals surface area contributed by atoms with E-state index < -0.39 is 0 Å². The van der Waals surface area contributed by atoms with Crippen LogP contribution in [-0.2, 0) is 4.79 Å². The molecule has 1 amide bonds. The minimum absolute atomic E-state index is 0.0409. The topological polar surface area (TPSA) is 47.3 Å². The third-order valence-electron chi connectivity index (χ3n) is 3.39. The molecule has 0 saturated carbocycles. The van der Waals surface area contributed by atoms with Gasteiger partial charge in [0.1, 0.15) is 0 Å². The maximum atomic E-state index is 11.9. The summed E-state index contributed by atoms with van der Waals surface area (Å²) in [6.45, 7) is 9.08. The summed E-state index contributed by atoms with van der Waals surface area (Å²) in [5, 5.41) is 8.82. The number of hydrogen-bond donors (Lipinski definition) is 0. The molecule has 4 nitrogen and oxygen atoms in total. The van der Waals surface area contributed by atoms with Crippen LogP contribution < -0.4 is 0 Å². The fourth-order valence-electron chi connectivity index (χ4n) is 1.90. The van der Waals surface area contributed by atoms with E-state index in [0.29, 0.717) is 0 Å². The lowest BCUT2D eigenvalue weighted by Crippen LogP contribution is -2.52. The van der Waals surface area contributed by atoms with E-state index >= 15 is 0 Å². The van der Waals surface area contributed by atoms with Gasteiger partial charge >= 0.3 is 0 Å². The third kappa shape index (κ3) is 2.96. The van der Waals surface area contributed by atoms with Crippen LogP contribution in [0.5, 0.6) is 0 Å². The Morgan fingerprint density at radius 2 is 1.88 bits per heavy atom. The highest BCUT2D eigenvalue weighted by Gasteiger charge is 2.25. The molecule has 0 radical (unpaired) electrons. The summed E-state index contributed by atoms with van der Waals surface area (Å²) < 4.78 is 0. The Bertz CT molecular complexity index is 276. The molecule has 0 aliphatic carbocycles. The Morgan fingerprint density at radius 1 is 1.31 bits per heavy atom. The zero-order valence-corrected chi connectivity index (χ0v) is 10.4. The van der Waals surface area contributed by atoms with Gasteiger partial charge in [-0.05, 0) is 13.3 Å². The molecule has 2 atom stereocenters. The molecule has 1 aliphatic rings. The van der Waals surface area contributed by atoms with Crippen molar-refractivity contribution in [3.63, 3.8) is 0 Å². The Morgan fingerprint density at radius 3 is 2.31 bits per heavy atom. The van der Waals surface area contributed by atoms with E-state index in [1.165, 1.54) is 0 Å². The number of nitriles is 1. The lowest BCUT2D eigenvalue weighted by Gasteiger charge is -2.36. The minimum atomic E-state index is -0.0409. The first-order chi connectivity index (χ1) is 7.60. The molecule has 16 heavy (non-hydrogen) atoms. The molecular formula is C12H21N3O. The van der Waals surface area contributed by atoms with E-state index in [1.54, 1.807) is 0 Å². The van der Waals surface area contributed by atoms with Crippen molar-refractivity contribution in [3.8, 4) is 6.07 Å². The highest BCUT2D eigenvalue weighted by molar-refractivity contribution is 5.78. The maximum absolute atomic E-state index is 11.9. The van der Waals surface area contributed by atoms with E-state index in [-0.39, 0.29) is 17.9 Å². The van der Waals surface area contributed by atoms with Gasteiger partial charge in [-0.2, -0.15) is 5.26 Å². The van der Waals surface area contributed by atoms with Crippen molar-refractivity contribution in [3.05, 3.63) is 0 Å². The molecule has 1 aliphatic heterocycles. The van der Waals surface area contributed by atoms with Gasteiger partial charge in [0.2, 0.25) is 5.91 Å². The van der Waals surface area contributed by atoms with Gasteiger partial charge in [-0.15, -0.1) is 0 Å². The van der Waals surface area contributed by atoms with Crippen molar-refractivity contribution in [2.75, 3.05) is 26.2 Å². The van der Waals surface area contributed by atoms with Crippen LogP contribution in [0.15, 0.2) is 0 Å². The largest absolute Gasteiger partial charge is 0.340 e. The summed E-state index contributed by atoms with van der Waals surface area (Å²) >= 11 is 0. The zero-order chi connectivity index (χ0) is 12.1. The van der Waals surface area contributed by atoms with Crippen LogP contribution in [0.1, 0.15) is 27.2 Å². The van der Waals surface area contributed by atoms with Crippen molar-refractivity contribution in [1.82, 2.24) is 9.80 Å². The Balaban J connectivity index is 2.43. The molecule has 1 fully saturated rings. The number of hydrogen-bond acceptors (Lipinski definition) is 3. The second kappa shape index (κ2) is 5.86. The van der Waals surface area contributed by atoms with Gasteiger partial charge in [-0.3, -0.25) is 9.69 Å². The fraction of sp³-hybridized carbons (Fsp3) is 0.833. The predicted octanol–water partition coefficient (Wildman–Crippen LogP) is 1.09. The Hall–Kier alpha value is -1.08. The number of carbonyl (C=O) groups excluding carboxylic acids is 1. The number of rotatable bonds is 3. The molecular weight excluding hydrogens is 202 g/mol. The van der Waals surface area contributed by atoms with Gasteiger partial charge in [-0.1, -0.05) is 13.8 Å². The molecule has 0 aromatic rings. The van der Waals surface area contributed by atoms with Crippen molar-refractivity contribution >= 4 is 5.91 Å². The van der Waals surface area contributed by atoms with Gasteiger partial charge in [0.15, 0.2) is 0 Å². The van der Waals surface area contributed by atoms with E-state index in [9.17, 15) is 4.79 Å². The maximum Gasteiger partial charge on any atom is 0.225 e. The SMILES string of the molecule is CCC(C)C(=O)N1CCN(C(C)C#N)CC1. The minimum Gasteiger partial charge on any atom is -0.340 e. The quantitative estimate of drug-likeness (QED) is 0.719. The standard InChI is InChI=1S/C12H21N3O/c1-4-10(2)12(16)15-7-5-14(6-8-15)11(3)9-13/h10-11H,4-8H2,1-3H3. The summed E-state index contributed by atoms with van der Waals surface area (Å²) in [5.41, 5.74) is 0. The number of piperazine rings is 1. The van der Waals surface area contributed by atoms with Crippen LogP contribution in [0.25, 0.3) is 0 Å².